The van der Waals surface area contributed by atoms with E-state index in [0.29, 0.717) is 23.7 Å². The molecule has 2 atom stereocenters. The Morgan fingerprint density at radius 3 is 2.64 bits per heavy atom. The van der Waals surface area contributed by atoms with Crippen molar-refractivity contribution in [1.82, 2.24) is 4.98 Å². The average molecular weight is 500 g/mol. The number of carbonyl (C=O) groups excluding carboxylic acids is 2. The molecule has 170 valence electrons. The van der Waals surface area contributed by atoms with Crippen molar-refractivity contribution in [3.8, 4) is 10.6 Å². The quantitative estimate of drug-likeness (QED) is 0.290. The van der Waals surface area contributed by atoms with Gasteiger partial charge in [0.2, 0.25) is 11.8 Å². The normalized spacial score (nSPS) is 17.5. The van der Waals surface area contributed by atoms with Gasteiger partial charge >= 0.3 is 5.97 Å². The Balaban J connectivity index is 1.31. The van der Waals surface area contributed by atoms with Crippen LogP contribution in [0.1, 0.15) is 12.8 Å². The topological polar surface area (TPSA) is 108 Å². The van der Waals surface area contributed by atoms with Crippen LogP contribution in [0.15, 0.2) is 64.2 Å². The van der Waals surface area contributed by atoms with E-state index in [1.165, 1.54) is 23.1 Å². The smallest absolute Gasteiger partial charge is 0.307 e. The summed E-state index contributed by atoms with van der Waals surface area (Å²) < 4.78 is 0. The van der Waals surface area contributed by atoms with Crippen LogP contribution in [0.25, 0.3) is 10.6 Å². The minimum Gasteiger partial charge on any atom is -0.481 e. The molecule has 0 aliphatic heterocycles. The maximum Gasteiger partial charge on any atom is 0.307 e. The van der Waals surface area contributed by atoms with Gasteiger partial charge in [-0.1, -0.05) is 24.3 Å². The average Bonchev–Trinajstić information content (AvgIpc) is 3.50. The van der Waals surface area contributed by atoms with E-state index in [1.807, 2.05) is 35.0 Å². The lowest BCUT2D eigenvalue weighted by Gasteiger charge is -2.24. The van der Waals surface area contributed by atoms with Gasteiger partial charge in [-0.25, -0.2) is 4.98 Å². The van der Waals surface area contributed by atoms with Crippen LogP contribution in [-0.4, -0.2) is 33.6 Å². The summed E-state index contributed by atoms with van der Waals surface area (Å²) in [6, 6.07) is 11.1. The predicted molar refractivity (Wildman–Crippen MR) is 133 cm³/mol. The van der Waals surface area contributed by atoms with Crippen molar-refractivity contribution in [3.63, 3.8) is 0 Å². The molecule has 2 heterocycles. The first-order chi connectivity index (χ1) is 16.0. The number of rotatable bonds is 8. The Hall–Kier alpha value is -2.95. The fourth-order valence-electron chi connectivity index (χ4n) is 3.45. The lowest BCUT2D eigenvalue weighted by molar-refractivity contribution is -0.146. The summed E-state index contributed by atoms with van der Waals surface area (Å²) in [5, 5.41) is 19.5. The van der Waals surface area contributed by atoms with Gasteiger partial charge < -0.3 is 15.7 Å². The van der Waals surface area contributed by atoms with E-state index in [4.69, 9.17) is 0 Å². The molecule has 2 aromatic heterocycles. The Kier molecular flexibility index (Phi) is 7.58. The number of nitrogens with zero attached hydrogens (tertiary/aromatic N) is 1. The number of nitrogens with one attached hydrogen (secondary N) is 2. The molecule has 1 aromatic carbocycles. The van der Waals surface area contributed by atoms with Gasteiger partial charge in [0.05, 0.1) is 28.2 Å². The Labute approximate surface area is 203 Å². The minimum atomic E-state index is -0.961. The van der Waals surface area contributed by atoms with Gasteiger partial charge in [-0.15, -0.1) is 34.4 Å². The zero-order valence-electron chi connectivity index (χ0n) is 17.4. The molecule has 33 heavy (non-hydrogen) atoms. The van der Waals surface area contributed by atoms with Crippen LogP contribution >= 0.6 is 34.4 Å². The molecule has 7 nitrogen and oxygen atoms in total. The molecule has 0 fully saturated rings. The number of benzene rings is 1. The molecule has 0 spiro atoms. The monoisotopic (exact) mass is 499 g/mol. The zero-order chi connectivity index (χ0) is 23.2. The molecule has 1 aliphatic carbocycles. The second kappa shape index (κ2) is 10.8. The number of hydrogen-bond acceptors (Lipinski definition) is 7. The Bertz CT molecular complexity index is 1170. The molecule has 0 bridgehead atoms. The van der Waals surface area contributed by atoms with Crippen LogP contribution in [0, 0.1) is 11.8 Å². The van der Waals surface area contributed by atoms with E-state index in [9.17, 15) is 19.5 Å². The lowest BCUT2D eigenvalue weighted by atomic mass is 9.82. The molecule has 4 rings (SSSR count). The van der Waals surface area contributed by atoms with Gasteiger partial charge in [0, 0.05) is 16.0 Å². The van der Waals surface area contributed by atoms with Gasteiger partial charge in [-0.2, -0.15) is 0 Å². The van der Waals surface area contributed by atoms with Crippen molar-refractivity contribution in [3.05, 3.63) is 59.3 Å². The highest BCUT2D eigenvalue weighted by Crippen LogP contribution is 2.30. The largest absolute Gasteiger partial charge is 0.481 e. The summed E-state index contributed by atoms with van der Waals surface area (Å²) in [7, 11) is 0. The molecule has 3 aromatic rings. The van der Waals surface area contributed by atoms with Crippen LogP contribution in [-0.2, 0) is 14.4 Å². The van der Waals surface area contributed by atoms with E-state index in [-0.39, 0.29) is 17.6 Å². The molecular formula is C23H21N3O4S3. The van der Waals surface area contributed by atoms with E-state index in [2.05, 4.69) is 15.6 Å². The summed E-state index contributed by atoms with van der Waals surface area (Å²) in [6.45, 7) is 0. The first-order valence-corrected chi connectivity index (χ1v) is 12.9. The van der Waals surface area contributed by atoms with Crippen molar-refractivity contribution in [2.45, 2.75) is 17.7 Å². The zero-order valence-corrected chi connectivity index (χ0v) is 19.8. The van der Waals surface area contributed by atoms with E-state index < -0.39 is 17.8 Å². The number of aliphatic carboxylic acids is 1. The third-order valence-electron chi connectivity index (χ3n) is 5.08. The van der Waals surface area contributed by atoms with Crippen LogP contribution in [0.5, 0.6) is 0 Å². The molecule has 1 aliphatic rings. The number of carbonyl (C=O) groups is 3. The maximum absolute atomic E-state index is 12.7. The number of amides is 2. The number of carboxylic acids is 1. The van der Waals surface area contributed by atoms with Gasteiger partial charge in [0.1, 0.15) is 0 Å². The number of thioether (sulfide) groups is 1. The summed E-state index contributed by atoms with van der Waals surface area (Å²) >= 11 is 4.32. The molecule has 10 heteroatoms. The van der Waals surface area contributed by atoms with Crippen LogP contribution in [0.3, 0.4) is 0 Å². The number of hydrogen-bond donors (Lipinski definition) is 3. The molecule has 0 saturated heterocycles. The number of anilines is 2. The standard InChI is InChI=1S/C23H21N3O4S3/c27-20(26-23-25-18(12-33-23)19-9-4-10-31-19)13-32-15-6-3-5-14(11-15)24-21(28)16-7-1-2-8-17(16)22(29)30/h1-6,9-12,16-17H,7-8,13H2,(H,24,28)(H,29,30)(H,25,26,27). The van der Waals surface area contributed by atoms with Crippen LogP contribution in [0.4, 0.5) is 10.8 Å². The first kappa shape index (κ1) is 23.2. The highest BCUT2D eigenvalue weighted by atomic mass is 32.2. The van der Waals surface area contributed by atoms with E-state index >= 15 is 0 Å². The van der Waals surface area contributed by atoms with Gasteiger partial charge in [0.15, 0.2) is 5.13 Å². The Morgan fingerprint density at radius 2 is 1.88 bits per heavy atom. The second-order valence-electron chi connectivity index (χ2n) is 7.36. The van der Waals surface area contributed by atoms with Crippen molar-refractivity contribution < 1.29 is 19.5 Å². The minimum absolute atomic E-state index is 0.167. The summed E-state index contributed by atoms with van der Waals surface area (Å²) in [4.78, 5) is 42.8. The SMILES string of the molecule is O=C(CSc1cccc(NC(=O)C2CC=CCC2C(=O)O)c1)Nc1nc(-c2cccs2)cs1. The summed E-state index contributed by atoms with van der Waals surface area (Å²) in [5.41, 5.74) is 1.42. The predicted octanol–water partition coefficient (Wildman–Crippen LogP) is 5.21. The number of aromatic nitrogens is 1. The molecule has 3 N–H and O–H groups in total. The number of allylic oxidation sites excluding steroid dienone is 2. The molecule has 0 radical (unpaired) electrons. The number of carboxylic acid groups (broad SMARTS) is 1. The summed E-state index contributed by atoms with van der Waals surface area (Å²) in [5.74, 6) is -2.57. The Morgan fingerprint density at radius 1 is 1.06 bits per heavy atom. The van der Waals surface area contributed by atoms with Crippen molar-refractivity contribution in [1.29, 1.82) is 0 Å². The third kappa shape index (κ3) is 6.10. The van der Waals surface area contributed by atoms with E-state index in [0.717, 1.165) is 15.5 Å². The highest BCUT2D eigenvalue weighted by Gasteiger charge is 2.33. The van der Waals surface area contributed by atoms with E-state index in [1.54, 1.807) is 35.6 Å². The highest BCUT2D eigenvalue weighted by molar-refractivity contribution is 8.00. The van der Waals surface area contributed by atoms with Crippen molar-refractivity contribution >= 4 is 63.0 Å². The number of thiazole rings is 1. The van der Waals surface area contributed by atoms with Crippen LogP contribution < -0.4 is 10.6 Å². The van der Waals surface area contributed by atoms with Crippen molar-refractivity contribution in [2.75, 3.05) is 16.4 Å². The van der Waals surface area contributed by atoms with Gasteiger partial charge in [-0.3, -0.25) is 14.4 Å². The fraction of sp³-hybridized carbons (Fsp3) is 0.217. The van der Waals surface area contributed by atoms with Crippen molar-refractivity contribution in [2.24, 2.45) is 11.8 Å². The molecule has 2 unspecified atom stereocenters. The lowest BCUT2D eigenvalue weighted by Crippen LogP contribution is -2.34. The van der Waals surface area contributed by atoms with Crippen LogP contribution in [0.2, 0.25) is 0 Å². The molecule has 2 amide bonds. The maximum atomic E-state index is 12.7. The third-order valence-corrected chi connectivity index (χ3v) is 7.73. The fourth-order valence-corrected chi connectivity index (χ4v) is 5.69. The molecule has 0 saturated carbocycles. The molecular weight excluding hydrogens is 478 g/mol. The first-order valence-electron chi connectivity index (χ1n) is 10.2. The van der Waals surface area contributed by atoms with Gasteiger partial charge in [0.25, 0.3) is 0 Å². The second-order valence-corrected chi connectivity index (χ2v) is 10.2. The number of thiophene rings is 1. The summed E-state index contributed by atoms with van der Waals surface area (Å²) in [6.07, 6.45) is 4.41. The van der Waals surface area contributed by atoms with Gasteiger partial charge in [-0.05, 0) is 42.5 Å².